The first-order valence-electron chi connectivity index (χ1n) is 10.9. The summed E-state index contributed by atoms with van der Waals surface area (Å²) in [6.07, 6.45) is -0.612. The molecule has 1 aliphatic heterocycles. The fourth-order valence-corrected chi connectivity index (χ4v) is 4.84. The number of aromatic nitrogens is 2. The Labute approximate surface area is 189 Å². The van der Waals surface area contributed by atoms with Crippen LogP contribution in [0.25, 0.3) is 0 Å². The molecule has 1 N–H and O–H groups in total. The van der Waals surface area contributed by atoms with Gasteiger partial charge < -0.3 is 14.5 Å². The van der Waals surface area contributed by atoms with Crippen LogP contribution in [0.4, 0.5) is 13.2 Å². The van der Waals surface area contributed by atoms with Crippen LogP contribution in [0.2, 0.25) is 0 Å². The summed E-state index contributed by atoms with van der Waals surface area (Å²) >= 11 is 0. The zero-order valence-electron chi connectivity index (χ0n) is 18.3. The Hall–Kier alpha value is -2.88. The molecule has 178 valence electrons. The largest absolute Gasteiger partial charge is 0.471 e. The summed E-state index contributed by atoms with van der Waals surface area (Å²) in [7, 11) is 1.50. The summed E-state index contributed by atoms with van der Waals surface area (Å²) in [5.41, 5.74) is 0.711. The van der Waals surface area contributed by atoms with E-state index in [1.54, 1.807) is 4.90 Å². The van der Waals surface area contributed by atoms with Gasteiger partial charge in [-0.05, 0) is 24.8 Å². The molecule has 2 aromatic rings. The van der Waals surface area contributed by atoms with E-state index in [9.17, 15) is 22.8 Å². The summed E-state index contributed by atoms with van der Waals surface area (Å²) in [4.78, 5) is 27.8. The summed E-state index contributed by atoms with van der Waals surface area (Å²) in [6, 6.07) is 8.81. The molecule has 0 radical (unpaired) electrons. The number of amides is 2. The van der Waals surface area contributed by atoms with Gasteiger partial charge in [0.2, 0.25) is 0 Å². The summed E-state index contributed by atoms with van der Waals surface area (Å²) < 4.78 is 46.0. The number of ether oxygens (including phenoxy) is 1. The van der Waals surface area contributed by atoms with Crippen molar-refractivity contribution in [2.45, 2.75) is 37.4 Å². The number of nitrogens with zero attached hydrogens (tertiary/aromatic N) is 3. The third kappa shape index (κ3) is 5.05. The molecule has 0 bridgehead atoms. The van der Waals surface area contributed by atoms with Gasteiger partial charge in [0.05, 0.1) is 18.4 Å². The van der Waals surface area contributed by atoms with Crippen LogP contribution in [-0.4, -0.2) is 77.4 Å². The minimum atomic E-state index is -4.95. The lowest BCUT2D eigenvalue weighted by atomic mass is 9.78. The SMILES string of the molecule is COCC1(CN(C(=O)C(F)(F)F)[C@@H]2CC2c2ccccc2)CCN(C(=O)c2cn[nH]c2)CC1. The number of alkyl halides is 3. The lowest BCUT2D eigenvalue weighted by molar-refractivity contribution is -0.188. The summed E-state index contributed by atoms with van der Waals surface area (Å²) in [5.74, 6) is -2.09. The van der Waals surface area contributed by atoms with E-state index in [0.29, 0.717) is 37.9 Å². The van der Waals surface area contributed by atoms with Gasteiger partial charge in [0.25, 0.3) is 5.91 Å². The monoisotopic (exact) mass is 464 g/mol. The highest BCUT2D eigenvalue weighted by Gasteiger charge is 2.54. The van der Waals surface area contributed by atoms with Crippen molar-refractivity contribution in [3.05, 3.63) is 53.9 Å². The van der Waals surface area contributed by atoms with Crippen LogP contribution in [0.1, 0.15) is 41.1 Å². The Morgan fingerprint density at radius 3 is 2.52 bits per heavy atom. The Balaban J connectivity index is 1.51. The zero-order chi connectivity index (χ0) is 23.6. The van der Waals surface area contributed by atoms with E-state index < -0.39 is 23.5 Å². The molecular weight excluding hydrogens is 437 g/mol. The number of hydrogen-bond acceptors (Lipinski definition) is 4. The van der Waals surface area contributed by atoms with Crippen LogP contribution < -0.4 is 0 Å². The Kier molecular flexibility index (Phi) is 6.47. The number of nitrogens with one attached hydrogen (secondary N) is 1. The van der Waals surface area contributed by atoms with Gasteiger partial charge in [-0.2, -0.15) is 18.3 Å². The molecule has 1 unspecified atom stereocenters. The predicted molar refractivity (Wildman–Crippen MR) is 113 cm³/mol. The topological polar surface area (TPSA) is 78.5 Å². The fraction of sp³-hybridized carbons (Fsp3) is 0.522. The maximum absolute atomic E-state index is 13.5. The van der Waals surface area contributed by atoms with E-state index in [-0.39, 0.29) is 25.0 Å². The lowest BCUT2D eigenvalue weighted by Gasteiger charge is -2.44. The minimum absolute atomic E-state index is 0.0546. The van der Waals surface area contributed by atoms with Gasteiger partial charge in [-0.1, -0.05) is 30.3 Å². The average molecular weight is 464 g/mol. The quantitative estimate of drug-likeness (QED) is 0.683. The first-order valence-corrected chi connectivity index (χ1v) is 10.9. The minimum Gasteiger partial charge on any atom is -0.384 e. The molecule has 2 heterocycles. The van der Waals surface area contributed by atoms with Gasteiger partial charge in [-0.25, -0.2) is 0 Å². The first kappa shape index (κ1) is 23.3. The van der Waals surface area contributed by atoms with Crippen LogP contribution >= 0.6 is 0 Å². The number of carbonyl (C=O) groups is 2. The third-order valence-electron chi connectivity index (χ3n) is 6.70. The van der Waals surface area contributed by atoms with Gasteiger partial charge >= 0.3 is 12.1 Å². The molecule has 2 atom stereocenters. The molecule has 4 rings (SSSR count). The van der Waals surface area contributed by atoms with Gasteiger partial charge in [-0.15, -0.1) is 0 Å². The molecule has 1 aromatic carbocycles. The number of aromatic amines is 1. The van der Waals surface area contributed by atoms with E-state index in [4.69, 9.17) is 4.74 Å². The summed E-state index contributed by atoms with van der Waals surface area (Å²) in [5, 5.41) is 6.40. The second-order valence-corrected chi connectivity index (χ2v) is 8.96. The molecule has 1 saturated carbocycles. The molecule has 1 saturated heterocycles. The Morgan fingerprint density at radius 2 is 1.94 bits per heavy atom. The number of methoxy groups -OCH3 is 1. The number of carbonyl (C=O) groups excluding carboxylic acids is 2. The van der Waals surface area contributed by atoms with E-state index in [0.717, 1.165) is 10.5 Å². The Morgan fingerprint density at radius 1 is 1.24 bits per heavy atom. The molecule has 0 spiro atoms. The van der Waals surface area contributed by atoms with Gasteiger partial charge in [-0.3, -0.25) is 14.7 Å². The normalized spacial score (nSPS) is 22.1. The predicted octanol–water partition coefficient (Wildman–Crippen LogP) is 3.23. The zero-order valence-corrected chi connectivity index (χ0v) is 18.3. The van der Waals surface area contributed by atoms with E-state index in [1.165, 1.54) is 19.5 Å². The van der Waals surface area contributed by atoms with E-state index >= 15 is 0 Å². The lowest BCUT2D eigenvalue weighted by Crippen LogP contribution is -2.53. The van der Waals surface area contributed by atoms with Crippen molar-refractivity contribution >= 4 is 11.8 Å². The van der Waals surface area contributed by atoms with Crippen molar-refractivity contribution in [3.8, 4) is 0 Å². The van der Waals surface area contributed by atoms with Crippen molar-refractivity contribution in [3.63, 3.8) is 0 Å². The van der Waals surface area contributed by atoms with Crippen molar-refractivity contribution in [1.82, 2.24) is 20.0 Å². The molecule has 33 heavy (non-hydrogen) atoms. The Bertz CT molecular complexity index is 957. The molecule has 2 aliphatic rings. The van der Waals surface area contributed by atoms with Crippen molar-refractivity contribution < 1.29 is 27.5 Å². The molecule has 1 aromatic heterocycles. The number of hydrogen-bond donors (Lipinski definition) is 1. The molecule has 1 aliphatic carbocycles. The molecular formula is C23H27F3N4O3. The average Bonchev–Trinajstić information content (AvgIpc) is 3.40. The standard InChI is InChI=1S/C23H27F3N4O3/c1-33-15-22(7-9-29(10-8-22)20(31)17-12-27-28-13-17)14-30(21(32)23(24,25)26)19-11-18(19)16-5-3-2-4-6-16/h2-6,12-13,18-19H,7-11,14-15H2,1H3,(H,27,28)/t18?,19-/m1/s1. The smallest absolute Gasteiger partial charge is 0.384 e. The second-order valence-electron chi connectivity index (χ2n) is 8.96. The van der Waals surface area contributed by atoms with E-state index in [1.807, 2.05) is 30.3 Å². The van der Waals surface area contributed by atoms with Crippen LogP contribution in [0, 0.1) is 5.41 Å². The van der Waals surface area contributed by atoms with Gasteiger partial charge in [0, 0.05) is 50.3 Å². The summed E-state index contributed by atoms with van der Waals surface area (Å²) in [6.45, 7) is 0.897. The van der Waals surface area contributed by atoms with Crippen molar-refractivity contribution in [2.75, 3.05) is 33.4 Å². The van der Waals surface area contributed by atoms with Gasteiger partial charge in [0.1, 0.15) is 0 Å². The highest BCUT2D eigenvalue weighted by molar-refractivity contribution is 5.93. The van der Waals surface area contributed by atoms with Gasteiger partial charge in [0.15, 0.2) is 0 Å². The second kappa shape index (κ2) is 9.17. The fourth-order valence-electron chi connectivity index (χ4n) is 4.84. The van der Waals surface area contributed by atoms with Crippen molar-refractivity contribution in [2.24, 2.45) is 5.41 Å². The molecule has 2 fully saturated rings. The first-order chi connectivity index (χ1) is 15.7. The number of halogens is 3. The molecule has 2 amide bonds. The molecule has 10 heteroatoms. The highest BCUT2D eigenvalue weighted by atomic mass is 19.4. The van der Waals surface area contributed by atoms with E-state index in [2.05, 4.69) is 10.2 Å². The van der Waals surface area contributed by atoms with Crippen molar-refractivity contribution in [1.29, 1.82) is 0 Å². The highest BCUT2D eigenvalue weighted by Crippen LogP contribution is 2.47. The number of H-pyrrole nitrogens is 1. The van der Waals surface area contributed by atoms with Crippen LogP contribution in [0.15, 0.2) is 42.7 Å². The van der Waals surface area contributed by atoms with Crippen LogP contribution in [0.3, 0.4) is 0 Å². The maximum Gasteiger partial charge on any atom is 0.471 e. The van der Waals surface area contributed by atoms with Crippen LogP contribution in [0.5, 0.6) is 0 Å². The molecule has 7 nitrogen and oxygen atoms in total. The number of piperidine rings is 1. The maximum atomic E-state index is 13.5. The number of likely N-dealkylation sites (tertiary alicyclic amines) is 1. The number of benzene rings is 1. The third-order valence-corrected chi connectivity index (χ3v) is 6.70. The number of rotatable bonds is 7. The van der Waals surface area contributed by atoms with Crippen LogP contribution in [-0.2, 0) is 9.53 Å².